The van der Waals surface area contributed by atoms with Crippen molar-refractivity contribution in [2.75, 3.05) is 39.8 Å². The number of allylic oxidation sites excluding steroid dienone is 8. The van der Waals surface area contributed by atoms with E-state index in [4.69, 9.17) is 0 Å². The molecule has 0 radical (unpaired) electrons. The Kier molecular flexibility index (Phi) is 7.03. The molecule has 7 heteroatoms. The fourth-order valence-corrected chi connectivity index (χ4v) is 3.82. The molecule has 3 rings (SSSR count). The number of likely N-dealkylation sites (N-methyl/N-ethyl adjacent to an activating group) is 1. The lowest BCUT2D eigenvalue weighted by Gasteiger charge is -2.34. The summed E-state index contributed by atoms with van der Waals surface area (Å²) in [6.07, 6.45) is 4.51. The van der Waals surface area contributed by atoms with Crippen LogP contribution in [0.2, 0.25) is 0 Å². The first-order valence-corrected chi connectivity index (χ1v) is 10.4. The molecule has 0 saturated carbocycles. The zero-order chi connectivity index (χ0) is 21.9. The van der Waals surface area contributed by atoms with Crippen LogP contribution >= 0.6 is 0 Å². The van der Waals surface area contributed by atoms with Gasteiger partial charge in [0.15, 0.2) is 0 Å². The van der Waals surface area contributed by atoms with Crippen LogP contribution in [-0.4, -0.2) is 61.7 Å². The highest BCUT2D eigenvalue weighted by Gasteiger charge is 2.44. The van der Waals surface area contributed by atoms with Gasteiger partial charge in [0.1, 0.15) is 0 Å². The van der Waals surface area contributed by atoms with Crippen molar-refractivity contribution in [3.8, 4) is 0 Å². The van der Waals surface area contributed by atoms with Gasteiger partial charge in [0.2, 0.25) is 0 Å². The molecule has 164 valence electrons. The number of nitrogens with zero attached hydrogens (tertiary/aromatic N) is 2. The Labute approximate surface area is 176 Å². The first-order valence-electron chi connectivity index (χ1n) is 10.4. The molecule has 1 amide bonds. The average Bonchev–Trinajstić information content (AvgIpc) is 2.85. The van der Waals surface area contributed by atoms with E-state index in [9.17, 15) is 18.0 Å². The number of alkyl halides is 3. The lowest BCUT2D eigenvalue weighted by molar-refractivity contribution is -0.165. The number of piperazine rings is 1. The van der Waals surface area contributed by atoms with E-state index in [1.165, 1.54) is 6.08 Å². The molecule has 0 spiro atoms. The highest BCUT2D eigenvalue weighted by Crippen LogP contribution is 2.38. The fraction of sp³-hybridized carbons (Fsp3) is 0.522. The van der Waals surface area contributed by atoms with Crippen molar-refractivity contribution in [3.63, 3.8) is 0 Å². The summed E-state index contributed by atoms with van der Waals surface area (Å²) in [4.78, 5) is 17.1. The number of nitrogens with one attached hydrogen (secondary N) is 1. The van der Waals surface area contributed by atoms with Crippen molar-refractivity contribution < 1.29 is 18.0 Å². The van der Waals surface area contributed by atoms with Crippen LogP contribution in [0.4, 0.5) is 13.2 Å². The van der Waals surface area contributed by atoms with E-state index in [2.05, 4.69) is 15.1 Å². The highest BCUT2D eigenvalue weighted by atomic mass is 19.4. The molecular weight excluding hydrogens is 391 g/mol. The van der Waals surface area contributed by atoms with E-state index in [1.807, 2.05) is 33.0 Å². The first-order chi connectivity index (χ1) is 14.1. The summed E-state index contributed by atoms with van der Waals surface area (Å²) < 4.78 is 41.3. The molecule has 1 unspecified atom stereocenters. The predicted octanol–water partition coefficient (Wildman–Crippen LogP) is 3.97. The number of halogens is 3. The summed E-state index contributed by atoms with van der Waals surface area (Å²) in [5.41, 5.74) is 3.25. The van der Waals surface area contributed by atoms with Crippen molar-refractivity contribution in [2.24, 2.45) is 5.92 Å². The number of hydrogen-bond donors (Lipinski definition) is 1. The first kappa shape index (κ1) is 22.6. The largest absolute Gasteiger partial charge is 0.397 e. The van der Waals surface area contributed by atoms with Gasteiger partial charge in [-0.25, -0.2) is 0 Å². The maximum absolute atomic E-state index is 13.8. The van der Waals surface area contributed by atoms with E-state index in [-0.39, 0.29) is 12.1 Å². The van der Waals surface area contributed by atoms with E-state index < -0.39 is 18.0 Å². The Morgan fingerprint density at radius 2 is 1.77 bits per heavy atom. The van der Waals surface area contributed by atoms with Crippen LogP contribution < -0.4 is 5.32 Å². The Balaban J connectivity index is 1.72. The quantitative estimate of drug-likeness (QED) is 0.746. The van der Waals surface area contributed by atoms with Gasteiger partial charge in [-0.05, 0) is 45.4 Å². The van der Waals surface area contributed by atoms with E-state index in [0.29, 0.717) is 18.5 Å². The smallest absolute Gasteiger partial charge is 0.325 e. The summed E-state index contributed by atoms with van der Waals surface area (Å²) in [6, 6.07) is 0. The molecule has 0 aromatic heterocycles. The third kappa shape index (κ3) is 5.73. The molecule has 0 aromatic rings. The van der Waals surface area contributed by atoms with Gasteiger partial charge in [0.25, 0.3) is 5.91 Å². The van der Waals surface area contributed by atoms with Crippen LogP contribution in [0.15, 0.2) is 58.4 Å². The van der Waals surface area contributed by atoms with Gasteiger partial charge in [-0.1, -0.05) is 35.5 Å². The minimum atomic E-state index is -4.41. The van der Waals surface area contributed by atoms with Crippen molar-refractivity contribution in [2.45, 2.75) is 32.9 Å². The minimum absolute atomic E-state index is 0.0684. The third-order valence-corrected chi connectivity index (χ3v) is 6.09. The molecular formula is C23H30F3N3O. The van der Waals surface area contributed by atoms with E-state index in [0.717, 1.165) is 42.9 Å². The molecule has 1 aliphatic heterocycles. The fourth-order valence-electron chi connectivity index (χ4n) is 3.82. The third-order valence-electron chi connectivity index (χ3n) is 6.09. The highest BCUT2D eigenvalue weighted by molar-refractivity contribution is 5.95. The molecule has 4 nitrogen and oxygen atoms in total. The van der Waals surface area contributed by atoms with Gasteiger partial charge in [-0.3, -0.25) is 9.69 Å². The number of amides is 1. The molecule has 0 aromatic carbocycles. The minimum Gasteiger partial charge on any atom is -0.325 e. The Bertz CT molecular complexity index is 825. The maximum atomic E-state index is 13.8. The Morgan fingerprint density at radius 3 is 2.43 bits per heavy atom. The Morgan fingerprint density at radius 1 is 1.07 bits per heavy atom. The molecule has 30 heavy (non-hydrogen) atoms. The molecule has 1 heterocycles. The van der Waals surface area contributed by atoms with Gasteiger partial charge >= 0.3 is 6.18 Å². The molecule has 1 atom stereocenters. The van der Waals surface area contributed by atoms with Crippen LogP contribution in [0.1, 0.15) is 26.7 Å². The summed E-state index contributed by atoms with van der Waals surface area (Å²) >= 11 is 0. The normalized spacial score (nSPS) is 24.2. The monoisotopic (exact) mass is 421 g/mol. The van der Waals surface area contributed by atoms with Crippen LogP contribution in [0.5, 0.6) is 0 Å². The van der Waals surface area contributed by atoms with Gasteiger partial charge in [0, 0.05) is 44.0 Å². The van der Waals surface area contributed by atoms with Crippen LogP contribution in [-0.2, 0) is 4.79 Å². The number of hydrogen-bond acceptors (Lipinski definition) is 3. The summed E-state index contributed by atoms with van der Waals surface area (Å²) in [6.45, 7) is 7.99. The van der Waals surface area contributed by atoms with Crippen molar-refractivity contribution in [1.82, 2.24) is 15.1 Å². The predicted molar refractivity (Wildman–Crippen MR) is 113 cm³/mol. The molecule has 1 saturated heterocycles. The molecule has 0 bridgehead atoms. The number of carbonyl (C=O) groups excluding carboxylic acids is 1. The molecule has 3 aliphatic rings. The topological polar surface area (TPSA) is 35.6 Å². The van der Waals surface area contributed by atoms with E-state index in [1.54, 1.807) is 12.2 Å². The van der Waals surface area contributed by atoms with Crippen LogP contribution in [0.25, 0.3) is 0 Å². The molecule has 1 fully saturated rings. The summed E-state index contributed by atoms with van der Waals surface area (Å²) in [5, 5.41) is 2.54. The van der Waals surface area contributed by atoms with Crippen molar-refractivity contribution in [3.05, 3.63) is 58.4 Å². The average molecular weight is 422 g/mol. The Hall–Kier alpha value is -2.12. The second-order valence-corrected chi connectivity index (χ2v) is 8.41. The zero-order valence-electron chi connectivity index (χ0n) is 17.9. The lowest BCUT2D eigenvalue weighted by Crippen LogP contribution is -2.45. The van der Waals surface area contributed by atoms with E-state index >= 15 is 0 Å². The van der Waals surface area contributed by atoms with Crippen LogP contribution in [0, 0.1) is 5.92 Å². The van der Waals surface area contributed by atoms with Gasteiger partial charge in [-0.15, -0.1) is 0 Å². The van der Waals surface area contributed by atoms with Gasteiger partial charge in [-0.2, -0.15) is 13.2 Å². The summed E-state index contributed by atoms with van der Waals surface area (Å²) in [7, 11) is 2.05. The van der Waals surface area contributed by atoms with Gasteiger partial charge < -0.3 is 10.2 Å². The number of rotatable bonds is 4. The second-order valence-electron chi connectivity index (χ2n) is 8.41. The van der Waals surface area contributed by atoms with Gasteiger partial charge in [0.05, 0.1) is 5.92 Å². The zero-order valence-corrected chi connectivity index (χ0v) is 17.9. The molecule has 1 N–H and O–H groups in total. The molecule has 2 aliphatic carbocycles. The summed E-state index contributed by atoms with van der Waals surface area (Å²) in [5.74, 6) is -2.16. The standard InChI is InChI=1S/C23H30F3N3O/c1-16-4-7-19(8-5-17(16)2)22(30)27-21-9-6-18(14-20(21)23(24,25)26)15-29-12-10-28(3)11-13-29/h4-7,9,20H,8,10-15H2,1-3H3,(H,27,30). The SMILES string of the molecule is CC1=CC=C(C(=O)NC2=CC=C(CN3CCN(C)CC3)CC2C(F)(F)F)CC=C1C. The lowest BCUT2D eigenvalue weighted by atomic mass is 9.89. The van der Waals surface area contributed by atoms with Crippen molar-refractivity contribution >= 4 is 5.91 Å². The number of carbonyl (C=O) groups is 1. The second kappa shape index (κ2) is 9.35. The maximum Gasteiger partial charge on any atom is 0.397 e. The van der Waals surface area contributed by atoms with Crippen LogP contribution in [0.3, 0.4) is 0 Å². The van der Waals surface area contributed by atoms with Crippen molar-refractivity contribution in [1.29, 1.82) is 0 Å².